The van der Waals surface area contributed by atoms with E-state index in [2.05, 4.69) is 62.4 Å². The van der Waals surface area contributed by atoms with Gasteiger partial charge < -0.3 is 15.5 Å². The van der Waals surface area contributed by atoms with Crippen molar-refractivity contribution < 1.29 is 4.79 Å². The van der Waals surface area contributed by atoms with E-state index in [-0.39, 0.29) is 5.91 Å². The van der Waals surface area contributed by atoms with Gasteiger partial charge in [0, 0.05) is 69.0 Å². The van der Waals surface area contributed by atoms with Gasteiger partial charge in [0.15, 0.2) is 5.65 Å². The third-order valence-corrected chi connectivity index (χ3v) is 7.93. The molecule has 2 N–H and O–H groups in total. The summed E-state index contributed by atoms with van der Waals surface area (Å²) in [7, 11) is 4.05. The van der Waals surface area contributed by atoms with E-state index in [0.29, 0.717) is 11.3 Å². The summed E-state index contributed by atoms with van der Waals surface area (Å²) in [6.45, 7) is 9.33. The van der Waals surface area contributed by atoms with Crippen LogP contribution in [0, 0.1) is 25.7 Å². The fourth-order valence-electron chi connectivity index (χ4n) is 5.27. The lowest BCUT2D eigenvalue weighted by Crippen LogP contribution is -2.43. The average Bonchev–Trinajstić information content (AvgIpc) is 3.61. The van der Waals surface area contributed by atoms with Crippen LogP contribution in [0.3, 0.4) is 0 Å². The van der Waals surface area contributed by atoms with Crippen LogP contribution in [0.25, 0.3) is 5.65 Å². The van der Waals surface area contributed by atoms with Crippen molar-refractivity contribution in [3.05, 3.63) is 107 Å². The zero-order chi connectivity index (χ0) is 29.9. The van der Waals surface area contributed by atoms with Gasteiger partial charge in [-0.1, -0.05) is 18.1 Å². The molecular weight excluding hydrogens is 536 g/mol. The fraction of sp³-hybridized carbons (Fsp3) is 0.265. The third kappa shape index (κ3) is 6.46. The van der Waals surface area contributed by atoms with Crippen LogP contribution in [-0.4, -0.2) is 68.1 Å². The zero-order valence-corrected chi connectivity index (χ0v) is 25.1. The minimum absolute atomic E-state index is 0.132. The Labute approximate surface area is 252 Å². The lowest BCUT2D eigenvalue weighted by molar-refractivity contribution is 0.102. The number of fused-ring (bicyclic) bond motifs is 1. The number of nitrogens with zero attached hydrogens (tertiary/aromatic N) is 6. The molecule has 0 bridgehead atoms. The van der Waals surface area contributed by atoms with Crippen molar-refractivity contribution in [2.45, 2.75) is 20.4 Å². The molecule has 218 valence electrons. The normalized spacial score (nSPS) is 14.0. The molecule has 0 radical (unpaired) electrons. The van der Waals surface area contributed by atoms with Crippen LogP contribution in [0.2, 0.25) is 0 Å². The molecule has 6 rings (SSSR count). The van der Waals surface area contributed by atoms with Crippen molar-refractivity contribution >= 4 is 28.6 Å². The van der Waals surface area contributed by atoms with Gasteiger partial charge in [-0.2, -0.15) is 5.10 Å². The van der Waals surface area contributed by atoms with Gasteiger partial charge in [-0.05, 0) is 79.9 Å². The summed E-state index contributed by atoms with van der Waals surface area (Å²) in [5.74, 6) is 6.42. The van der Waals surface area contributed by atoms with Crippen LogP contribution in [0.1, 0.15) is 38.3 Å². The van der Waals surface area contributed by atoms with E-state index in [0.717, 1.165) is 72.1 Å². The second kappa shape index (κ2) is 12.1. The summed E-state index contributed by atoms with van der Waals surface area (Å²) >= 11 is 0. The molecule has 9 heteroatoms. The van der Waals surface area contributed by atoms with E-state index in [1.54, 1.807) is 17.1 Å². The summed E-state index contributed by atoms with van der Waals surface area (Å²) in [6.07, 6.45) is 7.40. The first-order chi connectivity index (χ1) is 20.8. The number of pyridine rings is 1. The standard InChI is InChI=1S/C34H36N8O/c1-24-7-11-29(38-34(43)27-8-9-28(25(2)18-27)22-41-16-14-39(3)15-17-41)19-26(24)10-12-31-21-35-33-32(6-5-13-42(31)33)37-30-20-36-40(4)23-30/h5-9,11,13,18-21,23,37H,14-17,22H2,1-4H3,(H,38,43). The third-order valence-electron chi connectivity index (χ3n) is 7.93. The van der Waals surface area contributed by atoms with Crippen molar-refractivity contribution in [1.82, 2.24) is 29.0 Å². The number of benzene rings is 2. The molecule has 1 amide bonds. The molecule has 4 heterocycles. The van der Waals surface area contributed by atoms with Crippen molar-refractivity contribution in [3.8, 4) is 11.8 Å². The number of hydrogen-bond acceptors (Lipinski definition) is 6. The number of likely N-dealkylation sites (N-methyl/N-ethyl adjacent to an activating group) is 1. The Morgan fingerprint density at radius 3 is 2.53 bits per heavy atom. The number of aromatic nitrogens is 4. The van der Waals surface area contributed by atoms with E-state index in [1.807, 2.05) is 73.2 Å². The molecule has 0 aliphatic carbocycles. The van der Waals surface area contributed by atoms with Gasteiger partial charge in [0.1, 0.15) is 5.69 Å². The molecule has 0 saturated carbocycles. The molecule has 43 heavy (non-hydrogen) atoms. The highest BCUT2D eigenvalue weighted by atomic mass is 16.1. The lowest BCUT2D eigenvalue weighted by atomic mass is 10.0. The van der Waals surface area contributed by atoms with Crippen LogP contribution in [0.4, 0.5) is 17.1 Å². The van der Waals surface area contributed by atoms with Crippen molar-refractivity contribution in [2.24, 2.45) is 7.05 Å². The van der Waals surface area contributed by atoms with Crippen LogP contribution in [-0.2, 0) is 13.6 Å². The van der Waals surface area contributed by atoms with Gasteiger partial charge in [0.2, 0.25) is 0 Å². The second-order valence-electron chi connectivity index (χ2n) is 11.2. The van der Waals surface area contributed by atoms with E-state index >= 15 is 0 Å². The summed E-state index contributed by atoms with van der Waals surface area (Å²) in [5.41, 5.74) is 8.93. The minimum Gasteiger partial charge on any atom is -0.350 e. The molecule has 0 spiro atoms. The molecular formula is C34H36N8O. The maximum atomic E-state index is 13.2. The van der Waals surface area contributed by atoms with Crippen LogP contribution < -0.4 is 10.6 Å². The van der Waals surface area contributed by atoms with Gasteiger partial charge in [0.05, 0.1) is 23.8 Å². The van der Waals surface area contributed by atoms with E-state index in [1.165, 1.54) is 5.56 Å². The molecule has 1 saturated heterocycles. The highest BCUT2D eigenvalue weighted by molar-refractivity contribution is 6.04. The van der Waals surface area contributed by atoms with Gasteiger partial charge in [-0.3, -0.25) is 18.8 Å². The van der Waals surface area contributed by atoms with Crippen molar-refractivity contribution in [1.29, 1.82) is 0 Å². The number of carbonyl (C=O) groups is 1. The summed E-state index contributed by atoms with van der Waals surface area (Å²) in [6, 6.07) is 15.7. The number of amides is 1. The topological polar surface area (TPSA) is 82.7 Å². The number of carbonyl (C=O) groups excluding carboxylic acids is 1. The fourth-order valence-corrected chi connectivity index (χ4v) is 5.27. The first kappa shape index (κ1) is 28.2. The van der Waals surface area contributed by atoms with Crippen LogP contribution in [0.5, 0.6) is 0 Å². The summed E-state index contributed by atoms with van der Waals surface area (Å²) in [4.78, 5) is 22.6. The predicted octanol–water partition coefficient (Wildman–Crippen LogP) is 4.83. The first-order valence-corrected chi connectivity index (χ1v) is 14.5. The molecule has 1 aliphatic heterocycles. The monoisotopic (exact) mass is 572 g/mol. The molecule has 5 aromatic rings. The Bertz CT molecular complexity index is 1850. The Balaban J connectivity index is 1.16. The molecule has 9 nitrogen and oxygen atoms in total. The van der Waals surface area contributed by atoms with Crippen LogP contribution >= 0.6 is 0 Å². The number of rotatable bonds is 6. The molecule has 1 aliphatic rings. The van der Waals surface area contributed by atoms with Crippen molar-refractivity contribution in [3.63, 3.8) is 0 Å². The SMILES string of the molecule is Cc1ccc(NC(=O)c2ccc(CN3CCN(C)CC3)c(C)c2)cc1C#Cc1cnc2c(Nc3cnn(C)c3)cccn12. The summed E-state index contributed by atoms with van der Waals surface area (Å²) < 4.78 is 3.71. The molecule has 3 aromatic heterocycles. The quantitative estimate of drug-likeness (QED) is 0.284. The van der Waals surface area contributed by atoms with E-state index in [4.69, 9.17) is 0 Å². The van der Waals surface area contributed by atoms with Crippen LogP contribution in [0.15, 0.2) is 73.3 Å². The van der Waals surface area contributed by atoms with Gasteiger partial charge in [-0.25, -0.2) is 4.98 Å². The first-order valence-electron chi connectivity index (χ1n) is 14.5. The minimum atomic E-state index is -0.132. The highest BCUT2D eigenvalue weighted by Gasteiger charge is 2.16. The van der Waals surface area contributed by atoms with Crippen molar-refractivity contribution in [2.75, 3.05) is 43.9 Å². The van der Waals surface area contributed by atoms with Gasteiger partial charge >= 0.3 is 0 Å². The molecule has 2 aromatic carbocycles. The number of anilines is 3. The molecule has 0 atom stereocenters. The predicted molar refractivity (Wildman–Crippen MR) is 171 cm³/mol. The number of nitrogens with one attached hydrogen (secondary N) is 2. The Kier molecular flexibility index (Phi) is 7.97. The number of aryl methyl sites for hydroxylation is 3. The summed E-state index contributed by atoms with van der Waals surface area (Å²) in [5, 5.41) is 10.6. The Morgan fingerprint density at radius 2 is 1.77 bits per heavy atom. The van der Waals surface area contributed by atoms with E-state index in [9.17, 15) is 4.79 Å². The van der Waals surface area contributed by atoms with Gasteiger partial charge in [-0.15, -0.1) is 0 Å². The molecule has 0 unspecified atom stereocenters. The Morgan fingerprint density at radius 1 is 0.930 bits per heavy atom. The number of hydrogen-bond donors (Lipinski definition) is 2. The Hall–Kier alpha value is -4.91. The second-order valence-corrected chi connectivity index (χ2v) is 11.2. The average molecular weight is 573 g/mol. The number of piperazine rings is 1. The maximum Gasteiger partial charge on any atom is 0.255 e. The number of imidazole rings is 1. The zero-order valence-electron chi connectivity index (χ0n) is 25.1. The van der Waals surface area contributed by atoms with Gasteiger partial charge in [0.25, 0.3) is 5.91 Å². The largest absolute Gasteiger partial charge is 0.350 e. The smallest absolute Gasteiger partial charge is 0.255 e. The lowest BCUT2D eigenvalue weighted by Gasteiger charge is -2.32. The maximum absolute atomic E-state index is 13.2. The molecule has 1 fully saturated rings. The van der Waals surface area contributed by atoms with E-state index < -0.39 is 0 Å². The highest BCUT2D eigenvalue weighted by Crippen LogP contribution is 2.22.